The molecule has 2 heterocycles. The quantitative estimate of drug-likeness (QED) is 0.686. The number of hydrogen-bond acceptors (Lipinski definition) is 4. The first-order valence-corrected chi connectivity index (χ1v) is 8.03. The fraction of sp³-hybridized carbons (Fsp3) is 0.158. The van der Waals surface area contributed by atoms with Gasteiger partial charge < -0.3 is 0 Å². The SMILES string of the molecule is O=C1Cc2ccccc2C(=O)N1Cc1ccc(Cn2cncn2)cc1. The van der Waals surface area contributed by atoms with Gasteiger partial charge in [-0.3, -0.25) is 14.5 Å². The number of rotatable bonds is 4. The Hall–Kier alpha value is -3.28. The Bertz CT molecular complexity index is 917. The third kappa shape index (κ3) is 3.06. The predicted molar refractivity (Wildman–Crippen MR) is 90.6 cm³/mol. The molecule has 25 heavy (non-hydrogen) atoms. The number of nitrogens with zero attached hydrogens (tertiary/aromatic N) is 4. The monoisotopic (exact) mass is 332 g/mol. The van der Waals surface area contributed by atoms with Crippen LogP contribution in [0.3, 0.4) is 0 Å². The van der Waals surface area contributed by atoms with Gasteiger partial charge in [-0.05, 0) is 22.8 Å². The zero-order valence-electron chi connectivity index (χ0n) is 13.5. The molecule has 0 atom stereocenters. The topological polar surface area (TPSA) is 68.1 Å². The summed E-state index contributed by atoms with van der Waals surface area (Å²) in [5.74, 6) is -0.381. The number of imide groups is 1. The first kappa shape index (κ1) is 15.3. The molecule has 0 fully saturated rings. The summed E-state index contributed by atoms with van der Waals surface area (Å²) in [7, 11) is 0. The van der Waals surface area contributed by atoms with E-state index in [2.05, 4.69) is 10.1 Å². The summed E-state index contributed by atoms with van der Waals surface area (Å²) >= 11 is 0. The normalized spacial score (nSPS) is 13.8. The fourth-order valence-electron chi connectivity index (χ4n) is 2.99. The van der Waals surface area contributed by atoms with Gasteiger partial charge in [0.05, 0.1) is 19.5 Å². The van der Waals surface area contributed by atoms with Crippen molar-refractivity contribution in [2.24, 2.45) is 0 Å². The first-order chi connectivity index (χ1) is 12.2. The highest BCUT2D eigenvalue weighted by molar-refractivity contribution is 6.09. The zero-order chi connectivity index (χ0) is 17.2. The van der Waals surface area contributed by atoms with Crippen molar-refractivity contribution in [2.75, 3.05) is 0 Å². The first-order valence-electron chi connectivity index (χ1n) is 8.03. The third-order valence-electron chi connectivity index (χ3n) is 4.31. The van der Waals surface area contributed by atoms with E-state index in [1.807, 2.05) is 42.5 Å². The van der Waals surface area contributed by atoms with Gasteiger partial charge in [-0.25, -0.2) is 9.67 Å². The highest BCUT2D eigenvalue weighted by Gasteiger charge is 2.30. The number of fused-ring (bicyclic) bond motifs is 1. The Kier molecular flexibility index (Phi) is 3.85. The number of carbonyl (C=O) groups excluding carboxylic acids is 2. The molecule has 0 aliphatic carbocycles. The molecule has 6 nitrogen and oxygen atoms in total. The molecule has 1 aromatic heterocycles. The standard InChI is InChI=1S/C19H16N4O2/c24-18-9-16-3-1-2-4-17(16)19(25)23(18)11-15-7-5-14(6-8-15)10-22-13-20-12-21-22/h1-8,12-13H,9-11H2. The minimum absolute atomic E-state index is 0.157. The highest BCUT2D eigenvalue weighted by Crippen LogP contribution is 2.21. The van der Waals surface area contributed by atoms with Crippen molar-refractivity contribution < 1.29 is 9.59 Å². The molecule has 0 saturated heterocycles. The Morgan fingerprint density at radius 1 is 0.920 bits per heavy atom. The number of amides is 2. The van der Waals surface area contributed by atoms with Gasteiger partial charge in [0.15, 0.2) is 0 Å². The molecule has 0 saturated carbocycles. The van der Waals surface area contributed by atoms with Crippen molar-refractivity contribution in [1.82, 2.24) is 19.7 Å². The van der Waals surface area contributed by atoms with Crippen molar-refractivity contribution in [3.05, 3.63) is 83.4 Å². The van der Waals surface area contributed by atoms with Gasteiger partial charge in [0.2, 0.25) is 5.91 Å². The van der Waals surface area contributed by atoms with Gasteiger partial charge in [-0.15, -0.1) is 0 Å². The second-order valence-corrected chi connectivity index (χ2v) is 6.03. The predicted octanol–water partition coefficient (Wildman–Crippen LogP) is 2.05. The summed E-state index contributed by atoms with van der Waals surface area (Å²) in [6.45, 7) is 0.921. The van der Waals surface area contributed by atoms with Gasteiger partial charge in [0.1, 0.15) is 12.7 Å². The van der Waals surface area contributed by atoms with Crippen LogP contribution < -0.4 is 0 Å². The molecular formula is C19H16N4O2. The van der Waals surface area contributed by atoms with Crippen LogP contribution in [0.15, 0.2) is 61.2 Å². The van der Waals surface area contributed by atoms with Crippen LogP contribution in [0.25, 0.3) is 0 Å². The van der Waals surface area contributed by atoms with Crippen LogP contribution >= 0.6 is 0 Å². The molecule has 0 unspecified atom stereocenters. The van der Waals surface area contributed by atoms with Crippen molar-refractivity contribution in [1.29, 1.82) is 0 Å². The van der Waals surface area contributed by atoms with Gasteiger partial charge in [-0.1, -0.05) is 42.5 Å². The van der Waals surface area contributed by atoms with E-state index in [4.69, 9.17) is 0 Å². The molecule has 4 rings (SSSR count). The van der Waals surface area contributed by atoms with Crippen LogP contribution in [0.2, 0.25) is 0 Å². The molecule has 2 aromatic carbocycles. The maximum atomic E-state index is 12.6. The summed E-state index contributed by atoms with van der Waals surface area (Å²) in [5.41, 5.74) is 3.42. The number of carbonyl (C=O) groups is 2. The van der Waals surface area contributed by atoms with Gasteiger partial charge in [0, 0.05) is 5.56 Å². The Balaban J connectivity index is 1.50. The average molecular weight is 332 g/mol. The average Bonchev–Trinajstić information content (AvgIpc) is 3.13. The molecule has 2 amide bonds. The molecule has 0 radical (unpaired) electrons. The second kappa shape index (κ2) is 6.32. The van der Waals surface area contributed by atoms with E-state index < -0.39 is 0 Å². The van der Waals surface area contributed by atoms with Crippen LogP contribution in [0.1, 0.15) is 27.0 Å². The maximum absolute atomic E-state index is 12.6. The van der Waals surface area contributed by atoms with Crippen LogP contribution in [0, 0.1) is 0 Å². The largest absolute Gasteiger partial charge is 0.274 e. The van der Waals surface area contributed by atoms with Crippen LogP contribution in [0.4, 0.5) is 0 Å². The molecule has 1 aliphatic heterocycles. The number of benzene rings is 2. The van der Waals surface area contributed by atoms with E-state index in [0.717, 1.165) is 16.7 Å². The van der Waals surface area contributed by atoms with Crippen LogP contribution in [0.5, 0.6) is 0 Å². The minimum Gasteiger partial charge on any atom is -0.274 e. The highest BCUT2D eigenvalue weighted by atomic mass is 16.2. The molecule has 124 valence electrons. The van der Waals surface area contributed by atoms with Crippen molar-refractivity contribution in [3.63, 3.8) is 0 Å². The smallest absolute Gasteiger partial charge is 0.261 e. The third-order valence-corrected chi connectivity index (χ3v) is 4.31. The van der Waals surface area contributed by atoms with E-state index in [0.29, 0.717) is 12.1 Å². The van der Waals surface area contributed by atoms with Gasteiger partial charge >= 0.3 is 0 Å². The summed E-state index contributed by atoms with van der Waals surface area (Å²) in [6, 6.07) is 15.1. The van der Waals surface area contributed by atoms with Crippen LogP contribution in [-0.2, 0) is 24.3 Å². The Labute approximate surface area is 144 Å². The van der Waals surface area contributed by atoms with E-state index in [-0.39, 0.29) is 24.8 Å². The molecule has 0 N–H and O–H groups in total. The molecule has 0 spiro atoms. The Morgan fingerprint density at radius 3 is 2.36 bits per heavy atom. The summed E-state index contributed by atoms with van der Waals surface area (Å²) in [6.07, 6.45) is 3.43. The fourth-order valence-corrected chi connectivity index (χ4v) is 2.99. The Morgan fingerprint density at radius 2 is 1.64 bits per heavy atom. The van der Waals surface area contributed by atoms with Gasteiger partial charge in [0.25, 0.3) is 5.91 Å². The molecule has 3 aromatic rings. The number of hydrogen-bond donors (Lipinski definition) is 0. The van der Waals surface area contributed by atoms with Crippen molar-refractivity contribution >= 4 is 11.8 Å². The van der Waals surface area contributed by atoms with E-state index in [1.165, 1.54) is 11.2 Å². The van der Waals surface area contributed by atoms with Crippen molar-refractivity contribution in [3.8, 4) is 0 Å². The summed E-state index contributed by atoms with van der Waals surface area (Å²) < 4.78 is 1.74. The lowest BCUT2D eigenvalue weighted by Crippen LogP contribution is -2.41. The number of aromatic nitrogens is 3. The van der Waals surface area contributed by atoms with Crippen LogP contribution in [-0.4, -0.2) is 31.5 Å². The van der Waals surface area contributed by atoms with E-state index >= 15 is 0 Å². The molecule has 0 bridgehead atoms. The lowest BCUT2D eigenvalue weighted by molar-refractivity contribution is -0.128. The zero-order valence-corrected chi connectivity index (χ0v) is 13.5. The molecular weight excluding hydrogens is 316 g/mol. The summed E-state index contributed by atoms with van der Waals surface area (Å²) in [4.78, 5) is 30.2. The van der Waals surface area contributed by atoms with Gasteiger partial charge in [-0.2, -0.15) is 5.10 Å². The minimum atomic E-state index is -0.224. The molecule has 1 aliphatic rings. The van der Waals surface area contributed by atoms with E-state index in [9.17, 15) is 9.59 Å². The maximum Gasteiger partial charge on any atom is 0.261 e. The lowest BCUT2D eigenvalue weighted by Gasteiger charge is -2.26. The molecule has 6 heteroatoms. The van der Waals surface area contributed by atoms with E-state index in [1.54, 1.807) is 17.1 Å². The second-order valence-electron chi connectivity index (χ2n) is 6.03. The summed E-state index contributed by atoms with van der Waals surface area (Å²) in [5, 5.41) is 4.08. The lowest BCUT2D eigenvalue weighted by atomic mass is 9.98. The van der Waals surface area contributed by atoms with Crippen molar-refractivity contribution in [2.45, 2.75) is 19.5 Å².